The molecule has 2 aliphatic heterocycles. The molecule has 0 saturated carbocycles. The molecule has 0 aliphatic carbocycles. The fourth-order valence-corrected chi connectivity index (χ4v) is 3.62. The van der Waals surface area contributed by atoms with Crippen LogP contribution in [0.15, 0.2) is 53.9 Å². The van der Waals surface area contributed by atoms with E-state index in [1.54, 1.807) is 7.11 Å². The summed E-state index contributed by atoms with van der Waals surface area (Å²) in [5.74, 6) is 1.06. The Balaban J connectivity index is 1.71. The van der Waals surface area contributed by atoms with Crippen molar-refractivity contribution in [3.05, 3.63) is 59.5 Å². The van der Waals surface area contributed by atoms with Gasteiger partial charge in [0.05, 0.1) is 26.0 Å². The molecule has 1 fully saturated rings. The Bertz CT molecular complexity index is 750. The lowest BCUT2D eigenvalue weighted by Gasteiger charge is -2.51. The maximum Gasteiger partial charge on any atom is 0.144 e. The van der Waals surface area contributed by atoms with E-state index in [0.29, 0.717) is 0 Å². The molecule has 1 saturated heterocycles. The van der Waals surface area contributed by atoms with Crippen LogP contribution in [0.2, 0.25) is 0 Å². The van der Waals surface area contributed by atoms with E-state index in [1.807, 2.05) is 0 Å². The van der Waals surface area contributed by atoms with E-state index in [1.165, 1.54) is 22.0 Å². The van der Waals surface area contributed by atoms with Gasteiger partial charge in [-0.25, -0.2) is 5.01 Å². The third-order valence-corrected chi connectivity index (χ3v) is 4.79. The van der Waals surface area contributed by atoms with Crippen LogP contribution in [0.1, 0.15) is 18.5 Å². The van der Waals surface area contributed by atoms with E-state index in [-0.39, 0.29) is 6.04 Å². The van der Waals surface area contributed by atoms with E-state index in [2.05, 4.69) is 59.4 Å². The summed E-state index contributed by atoms with van der Waals surface area (Å²) in [6, 6.07) is 15.3. The van der Waals surface area contributed by atoms with Gasteiger partial charge in [0.1, 0.15) is 11.8 Å². The van der Waals surface area contributed by atoms with Gasteiger partial charge in [-0.3, -0.25) is 5.01 Å². The Hall–Kier alpha value is -2.04. The summed E-state index contributed by atoms with van der Waals surface area (Å²) in [4.78, 5) is 0. The zero-order valence-electron chi connectivity index (χ0n) is 13.7. The standard InChI is InChI=1S/C19H22N2O2/c1-14-19(22-2)18(21(14)20-9-11-23-12-10-20)17-8-7-15-5-3-4-6-16(15)13-17/h3-8,13,18H,9-12H2,1-2H3. The summed E-state index contributed by atoms with van der Waals surface area (Å²) in [6.45, 7) is 5.57. The number of fused-ring (bicyclic) bond motifs is 1. The Morgan fingerprint density at radius 3 is 2.52 bits per heavy atom. The molecule has 120 valence electrons. The average molecular weight is 310 g/mol. The van der Waals surface area contributed by atoms with E-state index in [9.17, 15) is 0 Å². The molecule has 4 nitrogen and oxygen atoms in total. The van der Waals surface area contributed by atoms with Crippen molar-refractivity contribution >= 4 is 10.8 Å². The highest BCUT2D eigenvalue weighted by atomic mass is 16.5. The third-order valence-electron chi connectivity index (χ3n) is 4.79. The molecule has 2 aromatic rings. The highest BCUT2D eigenvalue weighted by Crippen LogP contribution is 2.44. The lowest BCUT2D eigenvalue weighted by Crippen LogP contribution is -2.54. The summed E-state index contributed by atoms with van der Waals surface area (Å²) < 4.78 is 11.2. The first-order valence-corrected chi connectivity index (χ1v) is 8.15. The number of rotatable bonds is 3. The molecule has 2 heterocycles. The molecule has 0 N–H and O–H groups in total. The quantitative estimate of drug-likeness (QED) is 0.868. The summed E-state index contributed by atoms with van der Waals surface area (Å²) in [7, 11) is 1.77. The summed E-state index contributed by atoms with van der Waals surface area (Å²) in [5, 5.41) is 7.28. The molecule has 0 spiro atoms. The Kier molecular flexibility index (Phi) is 3.71. The topological polar surface area (TPSA) is 24.9 Å². The minimum absolute atomic E-state index is 0.169. The molecule has 4 rings (SSSR count). The van der Waals surface area contributed by atoms with Crippen molar-refractivity contribution in [2.75, 3.05) is 33.4 Å². The molecule has 1 unspecified atom stereocenters. The first-order valence-electron chi connectivity index (χ1n) is 8.15. The Morgan fingerprint density at radius 1 is 1.04 bits per heavy atom. The van der Waals surface area contributed by atoms with Gasteiger partial charge < -0.3 is 9.47 Å². The number of allylic oxidation sites excluding steroid dienone is 1. The van der Waals surface area contributed by atoms with Gasteiger partial charge in [0, 0.05) is 13.1 Å². The van der Waals surface area contributed by atoms with Gasteiger partial charge in [-0.1, -0.05) is 36.4 Å². The number of hydrazine groups is 1. The minimum atomic E-state index is 0.169. The van der Waals surface area contributed by atoms with Crippen molar-refractivity contribution < 1.29 is 9.47 Å². The molecule has 1 atom stereocenters. The van der Waals surface area contributed by atoms with Crippen LogP contribution < -0.4 is 0 Å². The first-order chi connectivity index (χ1) is 11.3. The van der Waals surface area contributed by atoms with Crippen LogP contribution in [0, 0.1) is 0 Å². The molecule has 23 heavy (non-hydrogen) atoms. The zero-order chi connectivity index (χ0) is 15.8. The van der Waals surface area contributed by atoms with E-state index in [4.69, 9.17) is 9.47 Å². The van der Waals surface area contributed by atoms with Gasteiger partial charge in [0.2, 0.25) is 0 Å². The highest BCUT2D eigenvalue weighted by Gasteiger charge is 2.41. The number of methoxy groups -OCH3 is 1. The van der Waals surface area contributed by atoms with Crippen LogP contribution in [0.3, 0.4) is 0 Å². The number of hydrogen-bond acceptors (Lipinski definition) is 4. The van der Waals surface area contributed by atoms with Crippen LogP contribution in [-0.4, -0.2) is 43.4 Å². The molecule has 0 amide bonds. The molecule has 0 bridgehead atoms. The van der Waals surface area contributed by atoms with E-state index >= 15 is 0 Å². The van der Waals surface area contributed by atoms with Crippen LogP contribution in [0.4, 0.5) is 0 Å². The van der Waals surface area contributed by atoms with Crippen molar-refractivity contribution in [2.45, 2.75) is 13.0 Å². The summed E-state index contributed by atoms with van der Waals surface area (Å²) >= 11 is 0. The van der Waals surface area contributed by atoms with Crippen LogP contribution in [-0.2, 0) is 9.47 Å². The maximum atomic E-state index is 5.68. The zero-order valence-corrected chi connectivity index (χ0v) is 13.7. The summed E-state index contributed by atoms with van der Waals surface area (Å²) in [6.07, 6.45) is 0. The Labute approximate surface area is 136 Å². The second-order valence-corrected chi connectivity index (χ2v) is 6.07. The largest absolute Gasteiger partial charge is 0.497 e. The normalized spacial score (nSPS) is 22.3. The van der Waals surface area contributed by atoms with Crippen LogP contribution >= 0.6 is 0 Å². The Morgan fingerprint density at radius 2 is 1.78 bits per heavy atom. The van der Waals surface area contributed by atoms with Gasteiger partial charge in [0.15, 0.2) is 0 Å². The van der Waals surface area contributed by atoms with Crippen molar-refractivity contribution in [1.29, 1.82) is 0 Å². The molecule has 0 aromatic heterocycles. The van der Waals surface area contributed by atoms with Crippen molar-refractivity contribution in [2.24, 2.45) is 0 Å². The van der Waals surface area contributed by atoms with Gasteiger partial charge in [-0.15, -0.1) is 0 Å². The second-order valence-electron chi connectivity index (χ2n) is 6.07. The maximum absolute atomic E-state index is 5.68. The van der Waals surface area contributed by atoms with Crippen molar-refractivity contribution in [3.63, 3.8) is 0 Å². The number of ether oxygens (including phenoxy) is 2. The molecule has 2 aliphatic rings. The minimum Gasteiger partial charge on any atom is -0.497 e. The smallest absolute Gasteiger partial charge is 0.144 e. The average Bonchev–Trinajstić information content (AvgIpc) is 2.60. The number of benzene rings is 2. The molecule has 2 aromatic carbocycles. The third kappa shape index (κ3) is 2.38. The number of hydrogen-bond donors (Lipinski definition) is 0. The van der Waals surface area contributed by atoms with Crippen LogP contribution in [0.25, 0.3) is 10.8 Å². The lowest BCUT2D eigenvalue weighted by atomic mass is 9.94. The molecular weight excluding hydrogens is 288 g/mol. The summed E-state index contributed by atoms with van der Waals surface area (Å²) in [5.41, 5.74) is 2.48. The van der Waals surface area contributed by atoms with Gasteiger partial charge in [-0.2, -0.15) is 0 Å². The number of nitrogens with zero attached hydrogens (tertiary/aromatic N) is 2. The fourth-order valence-electron chi connectivity index (χ4n) is 3.62. The lowest BCUT2D eigenvalue weighted by molar-refractivity contribution is -0.118. The van der Waals surface area contributed by atoms with E-state index < -0.39 is 0 Å². The molecular formula is C19H22N2O2. The van der Waals surface area contributed by atoms with Crippen molar-refractivity contribution in [3.8, 4) is 0 Å². The van der Waals surface area contributed by atoms with Gasteiger partial charge in [-0.05, 0) is 29.3 Å². The second kappa shape index (κ2) is 5.87. The predicted molar refractivity (Wildman–Crippen MR) is 90.6 cm³/mol. The van der Waals surface area contributed by atoms with Crippen LogP contribution in [0.5, 0.6) is 0 Å². The monoisotopic (exact) mass is 310 g/mol. The predicted octanol–water partition coefficient (Wildman–Crippen LogP) is 3.32. The molecule has 4 heteroatoms. The fraction of sp³-hybridized carbons (Fsp3) is 0.368. The first kappa shape index (κ1) is 14.5. The highest BCUT2D eigenvalue weighted by molar-refractivity contribution is 5.83. The molecule has 0 radical (unpaired) electrons. The van der Waals surface area contributed by atoms with Gasteiger partial charge >= 0.3 is 0 Å². The van der Waals surface area contributed by atoms with E-state index in [0.717, 1.165) is 32.1 Å². The number of morpholine rings is 1. The van der Waals surface area contributed by atoms with Crippen molar-refractivity contribution in [1.82, 2.24) is 10.0 Å². The van der Waals surface area contributed by atoms with Gasteiger partial charge in [0.25, 0.3) is 0 Å². The SMILES string of the molecule is COC1=C(C)N(N2CCOCC2)C1c1ccc2ccccc2c1.